The van der Waals surface area contributed by atoms with Gasteiger partial charge in [-0.2, -0.15) is 9.78 Å². The Morgan fingerprint density at radius 2 is 1.92 bits per heavy atom. The van der Waals surface area contributed by atoms with Crippen molar-refractivity contribution in [1.82, 2.24) is 14.8 Å². The number of benzene rings is 2. The SMILES string of the molecule is Cc1[nH]cc2c(=O)n(-c3ccc(Cl)cc3)nc-2c1-c1cccc(N)c1. The summed E-state index contributed by atoms with van der Waals surface area (Å²) in [4.78, 5) is 16.0. The number of halogens is 1. The van der Waals surface area contributed by atoms with Gasteiger partial charge in [0.1, 0.15) is 5.69 Å². The minimum absolute atomic E-state index is 0.182. The van der Waals surface area contributed by atoms with E-state index in [2.05, 4.69) is 10.1 Å². The predicted octanol–water partition coefficient (Wildman–Crippen LogP) is 3.88. The fourth-order valence-electron chi connectivity index (χ4n) is 2.96. The number of pyridine rings is 1. The van der Waals surface area contributed by atoms with Crippen LogP contribution < -0.4 is 11.3 Å². The van der Waals surface area contributed by atoms with Crippen LogP contribution in [0.4, 0.5) is 5.69 Å². The molecule has 0 spiro atoms. The van der Waals surface area contributed by atoms with E-state index in [-0.39, 0.29) is 5.56 Å². The van der Waals surface area contributed by atoms with Crippen LogP contribution in [0.15, 0.2) is 59.5 Å². The molecule has 0 saturated carbocycles. The number of hydrogen-bond acceptors (Lipinski definition) is 3. The minimum Gasteiger partial charge on any atom is -0.399 e. The topological polar surface area (TPSA) is 76.7 Å². The Kier molecular flexibility index (Phi) is 3.58. The van der Waals surface area contributed by atoms with E-state index in [1.54, 1.807) is 30.5 Å². The van der Waals surface area contributed by atoms with E-state index in [1.165, 1.54) is 4.68 Å². The van der Waals surface area contributed by atoms with Gasteiger partial charge in [-0.05, 0) is 48.9 Å². The lowest BCUT2D eigenvalue weighted by molar-refractivity contribution is 0.858. The van der Waals surface area contributed by atoms with Crippen LogP contribution >= 0.6 is 11.6 Å². The monoisotopic (exact) mass is 350 g/mol. The van der Waals surface area contributed by atoms with Crippen LogP contribution in [0.2, 0.25) is 5.02 Å². The Labute approximate surface area is 149 Å². The lowest BCUT2D eigenvalue weighted by Crippen LogP contribution is -2.14. The highest BCUT2D eigenvalue weighted by Gasteiger charge is 2.22. The minimum atomic E-state index is -0.182. The van der Waals surface area contributed by atoms with Crippen molar-refractivity contribution >= 4 is 17.3 Å². The molecule has 0 aliphatic carbocycles. The maximum absolute atomic E-state index is 12.8. The molecule has 3 N–H and O–H groups in total. The second kappa shape index (κ2) is 5.79. The quantitative estimate of drug-likeness (QED) is 0.539. The van der Waals surface area contributed by atoms with Gasteiger partial charge in [-0.3, -0.25) is 4.79 Å². The van der Waals surface area contributed by atoms with E-state index in [0.29, 0.717) is 27.7 Å². The lowest BCUT2D eigenvalue weighted by Gasteiger charge is -2.10. The standard InChI is InChI=1S/C19H15ClN4O/c1-11-17(12-3-2-4-14(21)9-12)18-16(10-22-11)19(25)24(23-18)15-7-5-13(20)6-8-15/h2-10,22H,21H2,1H3. The van der Waals surface area contributed by atoms with Gasteiger partial charge in [-0.15, -0.1) is 0 Å². The molecule has 0 bridgehead atoms. The molecule has 0 unspecified atom stereocenters. The molecule has 0 fully saturated rings. The molecule has 5 nitrogen and oxygen atoms in total. The van der Waals surface area contributed by atoms with Crippen LogP contribution in [0.3, 0.4) is 0 Å². The second-order valence-electron chi connectivity index (χ2n) is 5.87. The highest BCUT2D eigenvalue weighted by molar-refractivity contribution is 6.30. The van der Waals surface area contributed by atoms with Crippen molar-refractivity contribution in [3.05, 3.63) is 75.8 Å². The normalized spacial score (nSPS) is 11.1. The number of nitrogens with zero attached hydrogens (tertiary/aromatic N) is 2. The Hall–Kier alpha value is -3.05. The maximum atomic E-state index is 12.8. The first-order valence-corrected chi connectivity index (χ1v) is 8.15. The molecule has 124 valence electrons. The Balaban J connectivity index is 1.99. The summed E-state index contributed by atoms with van der Waals surface area (Å²) in [5.74, 6) is 0. The summed E-state index contributed by atoms with van der Waals surface area (Å²) in [5.41, 5.74) is 10.9. The highest BCUT2D eigenvalue weighted by Crippen LogP contribution is 2.33. The highest BCUT2D eigenvalue weighted by atomic mass is 35.5. The zero-order valence-corrected chi connectivity index (χ0v) is 14.2. The predicted molar refractivity (Wildman–Crippen MR) is 100 cm³/mol. The van der Waals surface area contributed by atoms with Crippen LogP contribution in [0, 0.1) is 6.92 Å². The van der Waals surface area contributed by atoms with E-state index in [9.17, 15) is 4.79 Å². The van der Waals surface area contributed by atoms with E-state index >= 15 is 0 Å². The number of fused-ring (bicyclic) bond motifs is 1. The van der Waals surface area contributed by atoms with Gasteiger partial charge in [-0.25, -0.2) is 0 Å². The molecule has 0 aromatic heterocycles. The number of nitrogens with one attached hydrogen (secondary N) is 1. The zero-order valence-electron chi connectivity index (χ0n) is 13.5. The summed E-state index contributed by atoms with van der Waals surface area (Å²) in [7, 11) is 0. The molecular weight excluding hydrogens is 336 g/mol. The summed E-state index contributed by atoms with van der Waals surface area (Å²) in [5, 5.41) is 5.19. The van der Waals surface area contributed by atoms with Gasteiger partial charge >= 0.3 is 0 Å². The third kappa shape index (κ3) is 2.58. The molecule has 2 aromatic rings. The van der Waals surface area contributed by atoms with E-state index in [1.807, 2.05) is 31.2 Å². The molecule has 2 heterocycles. The van der Waals surface area contributed by atoms with Crippen molar-refractivity contribution in [3.63, 3.8) is 0 Å². The molecule has 2 aromatic carbocycles. The Bertz CT molecular complexity index is 1100. The number of anilines is 1. The van der Waals surface area contributed by atoms with Crippen LogP contribution in [-0.4, -0.2) is 14.8 Å². The summed E-state index contributed by atoms with van der Waals surface area (Å²) < 4.78 is 1.39. The van der Waals surface area contributed by atoms with Gasteiger partial charge in [0.05, 0.1) is 11.3 Å². The van der Waals surface area contributed by atoms with Crippen molar-refractivity contribution in [2.75, 3.05) is 5.73 Å². The van der Waals surface area contributed by atoms with Gasteiger partial charge in [0.2, 0.25) is 0 Å². The molecule has 0 atom stereocenters. The number of nitrogen functional groups attached to an aromatic ring is 1. The van der Waals surface area contributed by atoms with Crippen molar-refractivity contribution in [3.8, 4) is 28.1 Å². The van der Waals surface area contributed by atoms with E-state index in [4.69, 9.17) is 17.3 Å². The van der Waals surface area contributed by atoms with E-state index in [0.717, 1.165) is 16.8 Å². The Morgan fingerprint density at radius 1 is 1.16 bits per heavy atom. The summed E-state index contributed by atoms with van der Waals surface area (Å²) in [6, 6.07) is 14.6. The third-order valence-corrected chi connectivity index (χ3v) is 4.42. The smallest absolute Gasteiger partial charge is 0.282 e. The van der Waals surface area contributed by atoms with E-state index < -0.39 is 0 Å². The number of nitrogens with two attached hydrogens (primary N) is 1. The second-order valence-corrected chi connectivity index (χ2v) is 6.31. The molecular formula is C19H15ClN4O. The first-order valence-electron chi connectivity index (χ1n) is 7.77. The number of aromatic nitrogens is 3. The van der Waals surface area contributed by atoms with Crippen LogP contribution in [0.25, 0.3) is 28.1 Å². The van der Waals surface area contributed by atoms with Gasteiger partial charge in [-0.1, -0.05) is 23.7 Å². The summed E-state index contributed by atoms with van der Waals surface area (Å²) >= 11 is 5.93. The van der Waals surface area contributed by atoms with Crippen LogP contribution in [-0.2, 0) is 0 Å². The zero-order chi connectivity index (χ0) is 17.6. The first kappa shape index (κ1) is 15.5. The number of rotatable bonds is 2. The molecule has 0 radical (unpaired) electrons. The van der Waals surface area contributed by atoms with Gasteiger partial charge in [0.25, 0.3) is 5.56 Å². The van der Waals surface area contributed by atoms with Crippen LogP contribution in [0.5, 0.6) is 0 Å². The lowest BCUT2D eigenvalue weighted by atomic mass is 9.98. The average Bonchev–Trinajstić information content (AvgIpc) is 2.92. The molecule has 0 amide bonds. The van der Waals surface area contributed by atoms with Crippen molar-refractivity contribution in [2.24, 2.45) is 0 Å². The van der Waals surface area contributed by atoms with Crippen molar-refractivity contribution < 1.29 is 0 Å². The molecule has 2 aliphatic heterocycles. The fraction of sp³-hybridized carbons (Fsp3) is 0.0526. The number of aryl methyl sites for hydroxylation is 1. The van der Waals surface area contributed by atoms with Crippen LogP contribution in [0.1, 0.15) is 5.69 Å². The van der Waals surface area contributed by atoms with Crippen molar-refractivity contribution in [2.45, 2.75) is 6.92 Å². The molecule has 4 rings (SSSR count). The van der Waals surface area contributed by atoms with Gasteiger partial charge in [0.15, 0.2) is 0 Å². The number of aromatic amines is 1. The molecule has 25 heavy (non-hydrogen) atoms. The fourth-order valence-corrected chi connectivity index (χ4v) is 3.09. The molecule has 0 saturated heterocycles. The summed E-state index contributed by atoms with van der Waals surface area (Å²) in [6.45, 7) is 1.95. The summed E-state index contributed by atoms with van der Waals surface area (Å²) in [6.07, 6.45) is 1.70. The maximum Gasteiger partial charge on any atom is 0.282 e. The molecule has 6 heteroatoms. The largest absolute Gasteiger partial charge is 0.399 e. The Morgan fingerprint density at radius 3 is 2.64 bits per heavy atom. The number of H-pyrrole nitrogens is 1. The average molecular weight is 351 g/mol. The number of hydrogen-bond donors (Lipinski definition) is 2. The molecule has 2 aliphatic rings. The third-order valence-electron chi connectivity index (χ3n) is 4.17. The van der Waals surface area contributed by atoms with Crippen molar-refractivity contribution in [1.29, 1.82) is 0 Å². The first-order chi connectivity index (χ1) is 12.0. The van der Waals surface area contributed by atoms with Gasteiger partial charge < -0.3 is 10.7 Å². The van der Waals surface area contributed by atoms with Gasteiger partial charge in [0, 0.05) is 28.2 Å².